The lowest BCUT2D eigenvalue weighted by atomic mass is 9.80. The lowest BCUT2D eigenvalue weighted by Gasteiger charge is -2.28. The Hall–Kier alpha value is -2.87. The number of benzene rings is 2. The Balaban J connectivity index is 1.58. The van der Waals surface area contributed by atoms with Gasteiger partial charge in [0.2, 0.25) is 5.91 Å². The number of fused-ring (bicyclic) bond motifs is 1. The molecule has 144 valence electrons. The minimum Gasteiger partial charge on any atom is -0.457 e. The fourth-order valence-corrected chi connectivity index (χ4v) is 4.83. The zero-order valence-electron chi connectivity index (χ0n) is 15.1. The number of non-ortho nitro benzene ring substituents is 1. The Bertz CT molecular complexity index is 991. The first-order valence-corrected chi connectivity index (χ1v) is 9.87. The van der Waals surface area contributed by atoms with Gasteiger partial charge in [-0.3, -0.25) is 25.0 Å². The van der Waals surface area contributed by atoms with Crippen LogP contribution in [0.15, 0.2) is 36.4 Å². The van der Waals surface area contributed by atoms with Crippen LogP contribution in [0.5, 0.6) is 11.5 Å². The standard InChI is InChI=1S/C20H18N2O5S/c1-11-9-13(22(25)26)5-8-17(11)27-14-6-7-15-12(10-14)3-2-4-16(15)18-19(23)21-20(24)28-18/h5-10,16,18H,2-4H2,1H3,(H,21,23,24)/t16-,18?/m1/s1. The molecule has 1 N–H and O–H groups in total. The molecule has 1 heterocycles. The van der Waals surface area contributed by atoms with Crippen molar-refractivity contribution in [3.63, 3.8) is 0 Å². The highest BCUT2D eigenvalue weighted by Crippen LogP contribution is 2.42. The van der Waals surface area contributed by atoms with E-state index in [1.807, 2.05) is 18.2 Å². The fourth-order valence-electron chi connectivity index (χ4n) is 3.83. The van der Waals surface area contributed by atoms with E-state index < -0.39 is 4.92 Å². The maximum absolute atomic E-state index is 12.1. The summed E-state index contributed by atoms with van der Waals surface area (Å²) in [7, 11) is 0. The van der Waals surface area contributed by atoms with Gasteiger partial charge in [-0.15, -0.1) is 0 Å². The first-order valence-electron chi connectivity index (χ1n) is 8.99. The topological polar surface area (TPSA) is 98.5 Å². The summed E-state index contributed by atoms with van der Waals surface area (Å²) < 4.78 is 5.95. The van der Waals surface area contributed by atoms with E-state index >= 15 is 0 Å². The molecule has 2 aromatic carbocycles. The van der Waals surface area contributed by atoms with Crippen LogP contribution in [-0.2, 0) is 11.2 Å². The molecule has 0 aromatic heterocycles. The maximum Gasteiger partial charge on any atom is 0.286 e. The quantitative estimate of drug-likeness (QED) is 0.603. The minimum absolute atomic E-state index is 0.00959. The van der Waals surface area contributed by atoms with E-state index in [1.165, 1.54) is 12.1 Å². The summed E-state index contributed by atoms with van der Waals surface area (Å²) in [5.74, 6) is 1.01. The third kappa shape index (κ3) is 3.47. The summed E-state index contributed by atoms with van der Waals surface area (Å²) in [6, 6.07) is 10.3. The molecule has 0 radical (unpaired) electrons. The molecule has 0 spiro atoms. The van der Waals surface area contributed by atoms with Gasteiger partial charge in [-0.1, -0.05) is 17.8 Å². The van der Waals surface area contributed by atoms with Crippen molar-refractivity contribution >= 4 is 28.6 Å². The highest BCUT2D eigenvalue weighted by molar-refractivity contribution is 8.15. The second-order valence-corrected chi connectivity index (χ2v) is 8.10. The molecule has 28 heavy (non-hydrogen) atoms. The Morgan fingerprint density at radius 1 is 1.21 bits per heavy atom. The largest absolute Gasteiger partial charge is 0.457 e. The van der Waals surface area contributed by atoms with E-state index in [9.17, 15) is 19.7 Å². The molecule has 2 atom stereocenters. The number of thioether (sulfide) groups is 1. The van der Waals surface area contributed by atoms with Gasteiger partial charge in [-0.25, -0.2) is 0 Å². The molecule has 0 saturated carbocycles. The Kier molecular flexibility index (Phi) is 4.80. The molecule has 4 rings (SSSR count). The molecule has 1 fully saturated rings. The molecule has 8 heteroatoms. The number of carbonyl (C=O) groups is 2. The molecule has 1 aliphatic carbocycles. The zero-order chi connectivity index (χ0) is 19.8. The van der Waals surface area contributed by atoms with Crippen molar-refractivity contribution in [3.05, 3.63) is 63.2 Å². The van der Waals surface area contributed by atoms with E-state index in [-0.39, 0.29) is 28.0 Å². The number of hydrogen-bond acceptors (Lipinski definition) is 6. The van der Waals surface area contributed by atoms with Crippen LogP contribution in [0.25, 0.3) is 0 Å². The zero-order valence-corrected chi connectivity index (χ0v) is 16.0. The first kappa shape index (κ1) is 18.5. The van der Waals surface area contributed by atoms with Crippen LogP contribution < -0.4 is 10.1 Å². The average Bonchev–Trinajstić information content (AvgIpc) is 3.00. The second-order valence-electron chi connectivity index (χ2n) is 6.98. The Morgan fingerprint density at radius 2 is 2.04 bits per heavy atom. The fraction of sp³-hybridized carbons (Fsp3) is 0.300. The number of aryl methyl sites for hydroxylation is 2. The Morgan fingerprint density at radius 3 is 2.71 bits per heavy atom. The third-order valence-electron chi connectivity index (χ3n) is 5.16. The van der Waals surface area contributed by atoms with Crippen molar-refractivity contribution in [1.29, 1.82) is 0 Å². The summed E-state index contributed by atoms with van der Waals surface area (Å²) in [5, 5.41) is 12.6. The number of ether oxygens (including phenoxy) is 1. The first-order chi connectivity index (χ1) is 13.4. The van der Waals surface area contributed by atoms with Crippen molar-refractivity contribution in [2.24, 2.45) is 0 Å². The van der Waals surface area contributed by atoms with Crippen molar-refractivity contribution in [2.45, 2.75) is 37.4 Å². The van der Waals surface area contributed by atoms with Gasteiger partial charge < -0.3 is 4.74 Å². The molecular weight excluding hydrogens is 380 g/mol. The molecule has 1 aliphatic heterocycles. The SMILES string of the molecule is Cc1cc([N+](=O)[O-])ccc1Oc1ccc2c(c1)CCC[C@H]2C1SC(=O)NC1=O. The van der Waals surface area contributed by atoms with Crippen LogP contribution in [0.2, 0.25) is 0 Å². The molecule has 7 nitrogen and oxygen atoms in total. The molecule has 2 aromatic rings. The van der Waals surface area contributed by atoms with Crippen molar-refractivity contribution < 1.29 is 19.2 Å². The number of rotatable bonds is 4. The molecule has 1 unspecified atom stereocenters. The van der Waals surface area contributed by atoms with Gasteiger partial charge in [0.15, 0.2) is 0 Å². The van der Waals surface area contributed by atoms with Gasteiger partial charge in [0, 0.05) is 18.1 Å². The number of hydrogen-bond donors (Lipinski definition) is 1. The van der Waals surface area contributed by atoms with Crippen LogP contribution in [0.1, 0.15) is 35.4 Å². The summed E-state index contributed by atoms with van der Waals surface area (Å²) in [6.07, 6.45) is 2.69. The number of nitrogens with zero attached hydrogens (tertiary/aromatic N) is 1. The van der Waals surface area contributed by atoms with Crippen LogP contribution >= 0.6 is 11.8 Å². The lowest BCUT2D eigenvalue weighted by Crippen LogP contribution is -2.30. The molecule has 0 bridgehead atoms. The number of imide groups is 1. The number of amides is 2. The van der Waals surface area contributed by atoms with Crippen LogP contribution in [-0.4, -0.2) is 21.3 Å². The molecule has 2 amide bonds. The smallest absolute Gasteiger partial charge is 0.286 e. The van der Waals surface area contributed by atoms with Crippen molar-refractivity contribution in [2.75, 3.05) is 0 Å². The predicted molar refractivity (Wildman–Crippen MR) is 105 cm³/mol. The van der Waals surface area contributed by atoms with E-state index in [0.717, 1.165) is 42.2 Å². The second kappa shape index (κ2) is 7.27. The summed E-state index contributed by atoms with van der Waals surface area (Å²) in [4.78, 5) is 34.1. The normalized spacial score (nSPS) is 21.2. The van der Waals surface area contributed by atoms with Gasteiger partial charge in [-0.05, 0) is 61.1 Å². The van der Waals surface area contributed by atoms with Gasteiger partial charge in [0.05, 0.1) is 4.92 Å². The summed E-state index contributed by atoms with van der Waals surface area (Å²) in [5.41, 5.74) is 2.91. The predicted octanol–water partition coefficient (Wildman–Crippen LogP) is 4.47. The summed E-state index contributed by atoms with van der Waals surface area (Å²) in [6.45, 7) is 1.77. The van der Waals surface area contributed by atoms with Gasteiger partial charge in [-0.2, -0.15) is 0 Å². The van der Waals surface area contributed by atoms with Crippen molar-refractivity contribution in [1.82, 2.24) is 5.32 Å². The molecular formula is C20H18N2O5S. The van der Waals surface area contributed by atoms with Gasteiger partial charge in [0.25, 0.3) is 10.9 Å². The molecule has 1 saturated heterocycles. The van der Waals surface area contributed by atoms with E-state index in [2.05, 4.69) is 5.32 Å². The highest BCUT2D eigenvalue weighted by Gasteiger charge is 2.40. The van der Waals surface area contributed by atoms with Gasteiger partial charge in [0.1, 0.15) is 16.7 Å². The van der Waals surface area contributed by atoms with E-state index in [0.29, 0.717) is 17.1 Å². The number of carbonyl (C=O) groups excluding carboxylic acids is 2. The van der Waals surface area contributed by atoms with Crippen LogP contribution in [0, 0.1) is 17.0 Å². The van der Waals surface area contributed by atoms with Crippen LogP contribution in [0.3, 0.4) is 0 Å². The monoisotopic (exact) mass is 398 g/mol. The number of nitrogens with one attached hydrogen (secondary N) is 1. The highest BCUT2D eigenvalue weighted by atomic mass is 32.2. The van der Waals surface area contributed by atoms with Crippen LogP contribution in [0.4, 0.5) is 10.5 Å². The molecule has 2 aliphatic rings. The van der Waals surface area contributed by atoms with E-state index in [1.54, 1.807) is 13.0 Å². The third-order valence-corrected chi connectivity index (χ3v) is 6.27. The number of nitro groups is 1. The maximum atomic E-state index is 12.1. The minimum atomic E-state index is -0.433. The lowest BCUT2D eigenvalue weighted by molar-refractivity contribution is -0.384. The number of nitro benzene ring substituents is 1. The van der Waals surface area contributed by atoms with Gasteiger partial charge >= 0.3 is 0 Å². The van der Waals surface area contributed by atoms with E-state index in [4.69, 9.17) is 4.74 Å². The Labute approximate surface area is 165 Å². The van der Waals surface area contributed by atoms with Crippen molar-refractivity contribution in [3.8, 4) is 11.5 Å². The summed E-state index contributed by atoms with van der Waals surface area (Å²) >= 11 is 1.07. The average molecular weight is 398 g/mol.